The number of furan rings is 1. The fourth-order valence-electron chi connectivity index (χ4n) is 2.85. The number of nitro groups is 1. The molecule has 0 saturated carbocycles. The summed E-state index contributed by atoms with van der Waals surface area (Å²) in [6, 6.07) is 16.2. The Morgan fingerprint density at radius 3 is 2.78 bits per heavy atom. The molecular weight excluding hydrogens is 362 g/mol. The Hall–Kier alpha value is -3.45. The first kappa shape index (κ1) is 17.0. The van der Waals surface area contributed by atoms with Crippen LogP contribution in [-0.4, -0.2) is 9.49 Å². The summed E-state index contributed by atoms with van der Waals surface area (Å²) in [6.45, 7) is 4.32. The van der Waals surface area contributed by atoms with Crippen LogP contribution in [0.5, 0.6) is 0 Å². The molecule has 0 unspecified atom stereocenters. The molecule has 0 fully saturated rings. The fraction of sp³-hybridized carbons (Fsp3) is 0.0500. The molecule has 0 aliphatic heterocycles. The van der Waals surface area contributed by atoms with Crippen LogP contribution in [0.25, 0.3) is 22.4 Å². The van der Waals surface area contributed by atoms with Crippen molar-refractivity contribution in [3.8, 4) is 11.5 Å². The number of aromatic nitrogens is 1. The van der Waals surface area contributed by atoms with E-state index in [0.717, 1.165) is 22.4 Å². The maximum atomic E-state index is 11.3. The second kappa shape index (κ2) is 7.05. The van der Waals surface area contributed by atoms with Gasteiger partial charge in [0.05, 0.1) is 10.6 Å². The van der Waals surface area contributed by atoms with Gasteiger partial charge in [-0.3, -0.25) is 10.1 Å². The van der Waals surface area contributed by atoms with Gasteiger partial charge in [-0.2, -0.15) is 0 Å². The van der Waals surface area contributed by atoms with Crippen LogP contribution in [0.4, 0.5) is 11.4 Å². The maximum Gasteiger partial charge on any atom is 0.294 e. The monoisotopic (exact) mass is 377 g/mol. The third-order valence-electron chi connectivity index (χ3n) is 4.08. The zero-order valence-corrected chi connectivity index (χ0v) is 15.1. The number of thiazole rings is 1. The predicted octanol–water partition coefficient (Wildman–Crippen LogP) is 5.29. The van der Waals surface area contributed by atoms with Gasteiger partial charge in [-0.25, -0.2) is 4.99 Å². The van der Waals surface area contributed by atoms with Gasteiger partial charge in [0.25, 0.3) is 5.69 Å². The Morgan fingerprint density at radius 1 is 1.22 bits per heavy atom. The average molecular weight is 377 g/mol. The van der Waals surface area contributed by atoms with Gasteiger partial charge in [0.15, 0.2) is 10.6 Å². The van der Waals surface area contributed by atoms with Crippen molar-refractivity contribution in [2.75, 3.05) is 0 Å². The summed E-state index contributed by atoms with van der Waals surface area (Å²) in [4.78, 5) is 16.0. The van der Waals surface area contributed by atoms with Gasteiger partial charge in [-0.05, 0) is 18.2 Å². The van der Waals surface area contributed by atoms with E-state index in [1.165, 1.54) is 17.4 Å². The summed E-state index contributed by atoms with van der Waals surface area (Å²) < 4.78 is 7.90. The van der Waals surface area contributed by atoms with E-state index in [1.807, 2.05) is 40.3 Å². The van der Waals surface area contributed by atoms with E-state index in [9.17, 15) is 10.1 Å². The Kier molecular flexibility index (Phi) is 4.43. The number of hydrogen-bond acceptors (Lipinski definition) is 5. The van der Waals surface area contributed by atoms with Crippen molar-refractivity contribution in [3.63, 3.8) is 0 Å². The SMILES string of the molecule is C=CCn1c(-c2cc3ccccc3o2)csc1=Nc1ccccc1[N+](=O)[O-]. The number of allylic oxidation sites excluding steroid dienone is 1. The highest BCUT2D eigenvalue weighted by Crippen LogP contribution is 2.29. The summed E-state index contributed by atoms with van der Waals surface area (Å²) in [6.07, 6.45) is 1.76. The minimum absolute atomic E-state index is 0.0265. The van der Waals surface area contributed by atoms with E-state index in [-0.39, 0.29) is 5.69 Å². The highest BCUT2D eigenvalue weighted by atomic mass is 32.1. The van der Waals surface area contributed by atoms with Crippen LogP contribution < -0.4 is 4.80 Å². The highest BCUT2D eigenvalue weighted by Gasteiger charge is 2.15. The zero-order chi connectivity index (χ0) is 18.8. The number of rotatable bonds is 5. The lowest BCUT2D eigenvalue weighted by atomic mass is 10.2. The lowest BCUT2D eigenvalue weighted by Gasteiger charge is -2.03. The van der Waals surface area contributed by atoms with Crippen molar-refractivity contribution < 1.29 is 9.34 Å². The average Bonchev–Trinajstić information content (AvgIpc) is 3.26. The molecule has 0 aliphatic rings. The van der Waals surface area contributed by atoms with Gasteiger partial charge in [0, 0.05) is 23.4 Å². The largest absolute Gasteiger partial charge is 0.454 e. The van der Waals surface area contributed by atoms with Crippen molar-refractivity contribution >= 4 is 33.7 Å². The van der Waals surface area contributed by atoms with Gasteiger partial charge in [-0.1, -0.05) is 36.4 Å². The molecular formula is C20H15N3O3S. The van der Waals surface area contributed by atoms with Crippen molar-refractivity contribution in [2.45, 2.75) is 6.54 Å². The number of benzene rings is 2. The van der Waals surface area contributed by atoms with E-state index in [1.54, 1.807) is 24.3 Å². The first-order valence-corrected chi connectivity index (χ1v) is 9.11. The number of nitro benzene ring substituents is 1. The predicted molar refractivity (Wildman–Crippen MR) is 106 cm³/mol. The molecule has 2 aromatic heterocycles. The Balaban J connectivity index is 1.89. The van der Waals surface area contributed by atoms with E-state index < -0.39 is 4.92 Å². The van der Waals surface area contributed by atoms with E-state index in [4.69, 9.17) is 4.42 Å². The fourth-order valence-corrected chi connectivity index (χ4v) is 3.76. The molecule has 6 nitrogen and oxygen atoms in total. The summed E-state index contributed by atoms with van der Waals surface area (Å²) in [5.41, 5.74) is 1.95. The first-order chi connectivity index (χ1) is 13.2. The van der Waals surface area contributed by atoms with Gasteiger partial charge in [0.2, 0.25) is 0 Å². The highest BCUT2D eigenvalue weighted by molar-refractivity contribution is 7.07. The van der Waals surface area contributed by atoms with E-state index in [0.29, 0.717) is 17.0 Å². The second-order valence-corrected chi connectivity index (χ2v) is 6.65. The third-order valence-corrected chi connectivity index (χ3v) is 4.95. The molecule has 134 valence electrons. The molecule has 2 heterocycles. The molecule has 0 radical (unpaired) electrons. The number of nitrogens with zero attached hydrogens (tertiary/aromatic N) is 3. The molecule has 0 saturated heterocycles. The van der Waals surface area contributed by atoms with Crippen LogP contribution in [-0.2, 0) is 6.54 Å². The summed E-state index contributed by atoms with van der Waals surface area (Å²) in [5.74, 6) is 0.721. The molecule has 4 rings (SSSR count). The maximum absolute atomic E-state index is 11.3. The number of para-hydroxylation sites is 3. The minimum Gasteiger partial charge on any atom is -0.454 e. The minimum atomic E-state index is -0.426. The Morgan fingerprint density at radius 2 is 2.00 bits per heavy atom. The molecule has 0 spiro atoms. The molecule has 27 heavy (non-hydrogen) atoms. The number of fused-ring (bicyclic) bond motifs is 1. The lowest BCUT2D eigenvalue weighted by molar-refractivity contribution is -0.384. The van der Waals surface area contributed by atoms with E-state index in [2.05, 4.69) is 11.6 Å². The van der Waals surface area contributed by atoms with Crippen LogP contribution in [0.1, 0.15) is 0 Å². The van der Waals surface area contributed by atoms with Crippen LogP contribution in [0.3, 0.4) is 0 Å². The lowest BCUT2D eigenvalue weighted by Crippen LogP contribution is -2.14. The summed E-state index contributed by atoms with van der Waals surface area (Å²) in [7, 11) is 0. The van der Waals surface area contributed by atoms with Gasteiger partial charge >= 0.3 is 0 Å². The normalized spacial score (nSPS) is 11.8. The second-order valence-electron chi connectivity index (χ2n) is 5.81. The standard InChI is InChI=1S/C20H15N3O3S/c1-2-11-22-17(19-12-14-7-3-6-10-18(14)26-19)13-27-20(22)21-15-8-4-5-9-16(15)23(24)25/h2-10,12-13H,1,11H2. The molecule has 0 N–H and O–H groups in total. The number of hydrogen-bond donors (Lipinski definition) is 0. The summed E-state index contributed by atoms with van der Waals surface area (Å²) >= 11 is 1.40. The smallest absolute Gasteiger partial charge is 0.294 e. The van der Waals surface area contributed by atoms with Crippen molar-refractivity contribution in [3.05, 3.63) is 87.5 Å². The van der Waals surface area contributed by atoms with Crippen LogP contribution >= 0.6 is 11.3 Å². The molecule has 2 aromatic carbocycles. The van der Waals surface area contributed by atoms with Crippen LogP contribution in [0.15, 0.2) is 82.0 Å². The molecule has 0 atom stereocenters. The van der Waals surface area contributed by atoms with Crippen LogP contribution in [0.2, 0.25) is 0 Å². The molecule has 0 aliphatic carbocycles. The Labute approximate surface area is 158 Å². The molecule has 0 bridgehead atoms. The summed E-state index contributed by atoms with van der Waals surface area (Å²) in [5, 5.41) is 14.2. The molecule has 0 amide bonds. The van der Waals surface area contributed by atoms with Gasteiger partial charge < -0.3 is 8.98 Å². The van der Waals surface area contributed by atoms with Crippen molar-refractivity contribution in [2.24, 2.45) is 4.99 Å². The molecule has 7 heteroatoms. The third kappa shape index (κ3) is 3.20. The van der Waals surface area contributed by atoms with Crippen molar-refractivity contribution in [1.82, 2.24) is 4.57 Å². The molecule has 4 aromatic rings. The Bertz CT molecular complexity index is 1180. The van der Waals surface area contributed by atoms with Gasteiger partial charge in [0.1, 0.15) is 11.3 Å². The topological polar surface area (TPSA) is 73.6 Å². The van der Waals surface area contributed by atoms with Crippen molar-refractivity contribution in [1.29, 1.82) is 0 Å². The zero-order valence-electron chi connectivity index (χ0n) is 14.2. The quantitative estimate of drug-likeness (QED) is 0.269. The first-order valence-electron chi connectivity index (χ1n) is 8.23. The van der Waals surface area contributed by atoms with Gasteiger partial charge in [-0.15, -0.1) is 17.9 Å². The van der Waals surface area contributed by atoms with E-state index >= 15 is 0 Å². The van der Waals surface area contributed by atoms with Crippen LogP contribution in [0, 0.1) is 10.1 Å².